The van der Waals surface area contributed by atoms with Crippen LogP contribution in [0.25, 0.3) is 0 Å². The molecule has 0 bridgehead atoms. The summed E-state index contributed by atoms with van der Waals surface area (Å²) in [5.41, 5.74) is 0. The van der Waals surface area contributed by atoms with Crippen LogP contribution in [0.1, 0.15) is 399 Å². The van der Waals surface area contributed by atoms with Gasteiger partial charge in [-0.3, -0.25) is 9.59 Å². The Bertz CT molecular complexity index is 1220. The maximum absolute atomic E-state index is 12.5. The first-order chi connectivity index (χ1) is 38.5. The van der Waals surface area contributed by atoms with E-state index < -0.39 is 12.1 Å². The lowest BCUT2D eigenvalue weighted by molar-refractivity contribution is -0.143. The SMILES string of the molecule is CCCCCCC/C=C\CCCCCCCC(=O)OCCCCCCCCCCCCCC/C=C\CCCCCCCCCCCC(=O)NC(CO)C(O)CCCCCCCCCCCCCCCCCCCCCCCC. The maximum Gasteiger partial charge on any atom is 0.305 e. The molecule has 2 atom stereocenters. The van der Waals surface area contributed by atoms with Gasteiger partial charge in [0.05, 0.1) is 25.4 Å². The maximum atomic E-state index is 12.5. The van der Waals surface area contributed by atoms with Gasteiger partial charge >= 0.3 is 5.97 Å². The highest BCUT2D eigenvalue weighted by Gasteiger charge is 2.20. The van der Waals surface area contributed by atoms with Crippen molar-refractivity contribution in [3.8, 4) is 0 Å². The summed E-state index contributed by atoms with van der Waals surface area (Å²) in [6.07, 6.45) is 85.1. The minimum atomic E-state index is -0.667. The topological polar surface area (TPSA) is 95.9 Å². The van der Waals surface area contributed by atoms with Crippen LogP contribution in [-0.2, 0) is 14.3 Å². The second-order valence-electron chi connectivity index (χ2n) is 24.6. The third-order valence-corrected chi connectivity index (χ3v) is 16.7. The Balaban J connectivity index is 3.40. The van der Waals surface area contributed by atoms with E-state index in [9.17, 15) is 19.8 Å². The standard InChI is InChI=1S/C72H139NO5/c1-3-5-7-9-11-13-15-17-19-20-21-22-28-31-34-37-40-44-48-52-56-60-64-70(75)69(68-74)73-71(76)65-61-57-53-49-45-41-38-35-32-29-26-24-23-25-27-30-33-36-39-43-47-51-55-59-63-67-78-72(77)66-62-58-54-50-46-42-18-16-14-12-10-8-6-4-2/h16,18,24,26,69-70,74-75H,3-15,17,19-23,25,27-68H2,1-2H3,(H,73,76)/b18-16-,26-24-. The normalized spacial score (nSPS) is 12.6. The highest BCUT2D eigenvalue weighted by molar-refractivity contribution is 5.76. The molecule has 0 fully saturated rings. The van der Waals surface area contributed by atoms with E-state index >= 15 is 0 Å². The molecule has 0 heterocycles. The number of unbranched alkanes of at least 4 members (excludes halogenated alkanes) is 52. The van der Waals surface area contributed by atoms with Crippen LogP contribution in [0.2, 0.25) is 0 Å². The third kappa shape index (κ3) is 63.5. The minimum absolute atomic E-state index is 0.00576. The average molecular weight is 1100 g/mol. The Hall–Kier alpha value is -1.66. The molecule has 0 aliphatic rings. The third-order valence-electron chi connectivity index (χ3n) is 16.7. The highest BCUT2D eigenvalue weighted by Crippen LogP contribution is 2.19. The van der Waals surface area contributed by atoms with E-state index in [0.29, 0.717) is 25.9 Å². The van der Waals surface area contributed by atoms with Crippen molar-refractivity contribution in [1.82, 2.24) is 5.32 Å². The number of esters is 1. The van der Waals surface area contributed by atoms with E-state index in [0.717, 1.165) is 44.9 Å². The van der Waals surface area contributed by atoms with Crippen molar-refractivity contribution in [3.63, 3.8) is 0 Å². The van der Waals surface area contributed by atoms with Crippen LogP contribution in [0.15, 0.2) is 24.3 Å². The van der Waals surface area contributed by atoms with Crippen LogP contribution < -0.4 is 5.32 Å². The highest BCUT2D eigenvalue weighted by atomic mass is 16.5. The first-order valence-electron chi connectivity index (χ1n) is 35.6. The molecule has 6 heteroatoms. The van der Waals surface area contributed by atoms with Gasteiger partial charge in [-0.1, -0.05) is 334 Å². The molecule has 0 spiro atoms. The summed E-state index contributed by atoms with van der Waals surface area (Å²) in [5.74, 6) is -0.0278. The van der Waals surface area contributed by atoms with Gasteiger partial charge in [0.15, 0.2) is 0 Å². The minimum Gasteiger partial charge on any atom is -0.466 e. The molecule has 0 aromatic carbocycles. The number of nitrogens with one attached hydrogen (secondary N) is 1. The number of hydrogen-bond donors (Lipinski definition) is 3. The number of aliphatic hydroxyl groups excluding tert-OH is 2. The molecule has 3 N–H and O–H groups in total. The number of hydrogen-bond acceptors (Lipinski definition) is 5. The summed E-state index contributed by atoms with van der Waals surface area (Å²) >= 11 is 0. The van der Waals surface area contributed by atoms with Crippen molar-refractivity contribution < 1.29 is 24.5 Å². The fourth-order valence-electron chi connectivity index (χ4n) is 11.3. The van der Waals surface area contributed by atoms with E-state index in [1.54, 1.807) is 0 Å². The zero-order valence-electron chi connectivity index (χ0n) is 52.9. The Morgan fingerprint density at radius 2 is 0.603 bits per heavy atom. The first kappa shape index (κ1) is 76.3. The molecule has 0 aliphatic heterocycles. The molecule has 0 aliphatic carbocycles. The van der Waals surface area contributed by atoms with Crippen molar-refractivity contribution in [2.75, 3.05) is 13.2 Å². The summed E-state index contributed by atoms with van der Waals surface area (Å²) < 4.78 is 5.48. The molecule has 0 saturated heterocycles. The van der Waals surface area contributed by atoms with Gasteiger partial charge in [-0.25, -0.2) is 0 Å². The lowest BCUT2D eigenvalue weighted by atomic mass is 10.0. The van der Waals surface area contributed by atoms with Crippen LogP contribution in [0, 0.1) is 0 Å². The van der Waals surface area contributed by atoms with Crippen molar-refractivity contribution in [2.45, 2.75) is 411 Å². The van der Waals surface area contributed by atoms with Crippen LogP contribution in [0.5, 0.6) is 0 Å². The molecule has 0 radical (unpaired) electrons. The molecule has 0 saturated carbocycles. The summed E-state index contributed by atoms with van der Waals surface area (Å²) in [4.78, 5) is 24.6. The Morgan fingerprint density at radius 3 is 0.910 bits per heavy atom. The number of carbonyl (C=O) groups is 2. The number of carbonyl (C=O) groups excluding carboxylic acids is 2. The number of allylic oxidation sites excluding steroid dienone is 4. The second-order valence-corrected chi connectivity index (χ2v) is 24.6. The number of amides is 1. The molecule has 0 aromatic rings. The molecule has 1 amide bonds. The quantitative estimate of drug-likeness (QED) is 0.0320. The van der Waals surface area contributed by atoms with Gasteiger partial charge in [-0.05, 0) is 77.0 Å². The number of rotatable bonds is 67. The van der Waals surface area contributed by atoms with Gasteiger partial charge < -0.3 is 20.3 Å². The Labute approximate surface area is 488 Å². The Morgan fingerprint density at radius 1 is 0.346 bits per heavy atom. The van der Waals surface area contributed by atoms with Crippen LogP contribution in [-0.4, -0.2) is 47.4 Å². The van der Waals surface area contributed by atoms with Gasteiger partial charge in [0.25, 0.3) is 0 Å². The van der Waals surface area contributed by atoms with E-state index in [-0.39, 0.29) is 18.5 Å². The molecular formula is C72H139NO5. The Kier molecular flexibility index (Phi) is 66.4. The zero-order chi connectivity index (χ0) is 56.4. The van der Waals surface area contributed by atoms with Gasteiger partial charge in [-0.15, -0.1) is 0 Å². The lowest BCUT2D eigenvalue weighted by Gasteiger charge is -2.22. The molecule has 462 valence electrons. The van der Waals surface area contributed by atoms with Gasteiger partial charge in [0.1, 0.15) is 0 Å². The van der Waals surface area contributed by atoms with E-state index in [1.165, 1.54) is 321 Å². The smallest absolute Gasteiger partial charge is 0.305 e. The van der Waals surface area contributed by atoms with Crippen molar-refractivity contribution >= 4 is 11.9 Å². The average Bonchev–Trinajstić information content (AvgIpc) is 3.44. The largest absolute Gasteiger partial charge is 0.466 e. The predicted molar refractivity (Wildman–Crippen MR) is 343 cm³/mol. The first-order valence-corrected chi connectivity index (χ1v) is 35.6. The van der Waals surface area contributed by atoms with Gasteiger partial charge in [-0.2, -0.15) is 0 Å². The summed E-state index contributed by atoms with van der Waals surface area (Å²) in [5, 5.41) is 23.4. The predicted octanol–water partition coefficient (Wildman–Crippen LogP) is 22.9. The van der Waals surface area contributed by atoms with Crippen molar-refractivity contribution in [1.29, 1.82) is 0 Å². The van der Waals surface area contributed by atoms with E-state index in [2.05, 4.69) is 43.5 Å². The summed E-state index contributed by atoms with van der Waals surface area (Å²) in [6.45, 7) is 4.98. The fourth-order valence-corrected chi connectivity index (χ4v) is 11.3. The van der Waals surface area contributed by atoms with Gasteiger partial charge in [0.2, 0.25) is 5.91 Å². The molecule has 6 nitrogen and oxygen atoms in total. The number of aliphatic hydroxyl groups is 2. The lowest BCUT2D eigenvalue weighted by Crippen LogP contribution is -2.45. The second kappa shape index (κ2) is 67.8. The van der Waals surface area contributed by atoms with Gasteiger partial charge in [0, 0.05) is 12.8 Å². The molecule has 2 unspecified atom stereocenters. The van der Waals surface area contributed by atoms with Crippen molar-refractivity contribution in [2.24, 2.45) is 0 Å². The monoisotopic (exact) mass is 1100 g/mol. The summed E-state index contributed by atoms with van der Waals surface area (Å²) in [6, 6.07) is -0.545. The fraction of sp³-hybridized carbons (Fsp3) is 0.917. The molecule has 0 rings (SSSR count). The van der Waals surface area contributed by atoms with Crippen molar-refractivity contribution in [3.05, 3.63) is 24.3 Å². The van der Waals surface area contributed by atoms with E-state index in [4.69, 9.17) is 4.74 Å². The molecular weight excluding hydrogens is 959 g/mol. The van der Waals surface area contributed by atoms with Crippen LogP contribution in [0.3, 0.4) is 0 Å². The van der Waals surface area contributed by atoms with Crippen LogP contribution in [0.4, 0.5) is 0 Å². The van der Waals surface area contributed by atoms with Crippen LogP contribution >= 0.6 is 0 Å². The molecule has 78 heavy (non-hydrogen) atoms. The zero-order valence-corrected chi connectivity index (χ0v) is 52.9. The molecule has 0 aromatic heterocycles. The number of ether oxygens (including phenoxy) is 1. The summed E-state index contributed by atoms with van der Waals surface area (Å²) in [7, 11) is 0. The van der Waals surface area contributed by atoms with E-state index in [1.807, 2.05) is 0 Å².